The standard InChI is InChI=1S/C19H14N2O2S/c22-18(17-11-14-8-4-5-9-16(14)23-17)21-19-20-12-15(24-19)10-13-6-2-1-3-7-13/h1-9,11-12H,10H2,(H,20,21,22). The topological polar surface area (TPSA) is 55.1 Å². The third kappa shape index (κ3) is 3.07. The van der Waals surface area contributed by atoms with Crippen LogP contribution >= 0.6 is 11.3 Å². The summed E-state index contributed by atoms with van der Waals surface area (Å²) in [6, 6.07) is 19.5. The van der Waals surface area contributed by atoms with Gasteiger partial charge in [-0.15, -0.1) is 11.3 Å². The number of hydrogen-bond acceptors (Lipinski definition) is 4. The van der Waals surface area contributed by atoms with Crippen molar-refractivity contribution in [1.82, 2.24) is 4.98 Å². The van der Waals surface area contributed by atoms with Gasteiger partial charge in [0.15, 0.2) is 10.9 Å². The first-order valence-electron chi connectivity index (χ1n) is 7.56. The molecule has 0 bridgehead atoms. The quantitative estimate of drug-likeness (QED) is 0.587. The molecule has 2 aromatic heterocycles. The molecule has 2 aromatic carbocycles. The zero-order chi connectivity index (χ0) is 16.4. The second-order valence-corrected chi connectivity index (χ2v) is 6.51. The van der Waals surface area contributed by atoms with E-state index in [0.717, 1.165) is 16.7 Å². The van der Waals surface area contributed by atoms with Crippen molar-refractivity contribution in [2.24, 2.45) is 0 Å². The minimum atomic E-state index is -0.285. The van der Waals surface area contributed by atoms with Crippen LogP contribution in [0, 0.1) is 0 Å². The van der Waals surface area contributed by atoms with E-state index in [9.17, 15) is 4.79 Å². The van der Waals surface area contributed by atoms with E-state index in [1.54, 1.807) is 12.3 Å². The average Bonchev–Trinajstić information content (AvgIpc) is 3.22. The number of benzene rings is 2. The Labute approximate surface area is 142 Å². The van der Waals surface area contributed by atoms with Gasteiger partial charge in [0, 0.05) is 22.9 Å². The average molecular weight is 334 g/mol. The summed E-state index contributed by atoms with van der Waals surface area (Å²) in [5, 5.41) is 4.28. The van der Waals surface area contributed by atoms with Crippen LogP contribution in [0.15, 0.2) is 71.3 Å². The molecule has 5 heteroatoms. The van der Waals surface area contributed by atoms with Crippen LogP contribution in [-0.4, -0.2) is 10.9 Å². The van der Waals surface area contributed by atoms with Crippen LogP contribution in [0.5, 0.6) is 0 Å². The molecule has 4 aromatic rings. The summed E-state index contributed by atoms with van der Waals surface area (Å²) in [5.41, 5.74) is 1.92. The fourth-order valence-corrected chi connectivity index (χ4v) is 3.34. The molecule has 0 aliphatic heterocycles. The molecule has 0 fully saturated rings. The number of aromatic nitrogens is 1. The normalized spacial score (nSPS) is 10.8. The lowest BCUT2D eigenvalue weighted by atomic mass is 10.1. The fourth-order valence-electron chi connectivity index (χ4n) is 2.50. The molecule has 4 rings (SSSR count). The zero-order valence-corrected chi connectivity index (χ0v) is 13.5. The van der Waals surface area contributed by atoms with Gasteiger partial charge in [0.05, 0.1) is 0 Å². The monoisotopic (exact) mass is 334 g/mol. The maximum atomic E-state index is 12.3. The summed E-state index contributed by atoms with van der Waals surface area (Å²) >= 11 is 1.47. The molecule has 2 heterocycles. The highest BCUT2D eigenvalue weighted by molar-refractivity contribution is 7.15. The highest BCUT2D eigenvalue weighted by atomic mass is 32.1. The molecule has 1 amide bonds. The van der Waals surface area contributed by atoms with Crippen LogP contribution in [0.25, 0.3) is 11.0 Å². The van der Waals surface area contributed by atoms with E-state index in [1.165, 1.54) is 16.9 Å². The Hall–Kier alpha value is -2.92. The van der Waals surface area contributed by atoms with Crippen molar-refractivity contribution in [2.45, 2.75) is 6.42 Å². The molecule has 0 saturated heterocycles. The van der Waals surface area contributed by atoms with Crippen molar-refractivity contribution >= 4 is 33.3 Å². The molecular weight excluding hydrogens is 320 g/mol. The van der Waals surface area contributed by atoms with Crippen molar-refractivity contribution in [3.63, 3.8) is 0 Å². The second-order valence-electron chi connectivity index (χ2n) is 5.40. The third-order valence-electron chi connectivity index (χ3n) is 3.64. The molecule has 0 saturated carbocycles. The van der Waals surface area contributed by atoms with Gasteiger partial charge in [-0.3, -0.25) is 10.1 Å². The van der Waals surface area contributed by atoms with Gasteiger partial charge < -0.3 is 4.42 Å². The molecule has 1 N–H and O–H groups in total. The van der Waals surface area contributed by atoms with Gasteiger partial charge in [-0.25, -0.2) is 4.98 Å². The number of para-hydroxylation sites is 1. The summed E-state index contributed by atoms with van der Waals surface area (Å²) in [6.45, 7) is 0. The predicted octanol–water partition coefficient (Wildman–Crippen LogP) is 4.73. The molecule has 24 heavy (non-hydrogen) atoms. The lowest BCUT2D eigenvalue weighted by Crippen LogP contribution is -2.10. The van der Waals surface area contributed by atoms with Crippen LogP contribution in [0.3, 0.4) is 0 Å². The summed E-state index contributed by atoms with van der Waals surface area (Å²) in [6.07, 6.45) is 2.60. The molecule has 0 spiro atoms. The summed E-state index contributed by atoms with van der Waals surface area (Å²) in [5.74, 6) is 0.00261. The highest BCUT2D eigenvalue weighted by Crippen LogP contribution is 2.23. The Morgan fingerprint density at radius 2 is 1.88 bits per heavy atom. The lowest BCUT2D eigenvalue weighted by Gasteiger charge is -1.98. The number of hydrogen-bond donors (Lipinski definition) is 1. The van der Waals surface area contributed by atoms with Gasteiger partial charge >= 0.3 is 0 Å². The minimum absolute atomic E-state index is 0.285. The van der Waals surface area contributed by atoms with E-state index >= 15 is 0 Å². The number of thiazole rings is 1. The fraction of sp³-hybridized carbons (Fsp3) is 0.0526. The maximum Gasteiger partial charge on any atom is 0.293 e. The zero-order valence-electron chi connectivity index (χ0n) is 12.7. The van der Waals surface area contributed by atoms with E-state index in [0.29, 0.717) is 10.7 Å². The molecule has 118 valence electrons. The summed E-state index contributed by atoms with van der Waals surface area (Å²) in [7, 11) is 0. The Morgan fingerprint density at radius 1 is 1.08 bits per heavy atom. The molecule has 0 atom stereocenters. The molecule has 0 aliphatic rings. The molecule has 0 unspecified atom stereocenters. The number of nitrogens with zero attached hydrogens (tertiary/aromatic N) is 1. The summed E-state index contributed by atoms with van der Waals surface area (Å²) < 4.78 is 5.57. The van der Waals surface area contributed by atoms with Gasteiger partial charge in [-0.1, -0.05) is 48.5 Å². The first-order chi connectivity index (χ1) is 11.8. The molecule has 4 nitrogen and oxygen atoms in total. The smallest absolute Gasteiger partial charge is 0.293 e. The largest absolute Gasteiger partial charge is 0.451 e. The number of fused-ring (bicyclic) bond motifs is 1. The van der Waals surface area contributed by atoms with E-state index in [-0.39, 0.29) is 11.7 Å². The van der Waals surface area contributed by atoms with Crippen molar-refractivity contribution in [3.8, 4) is 0 Å². The SMILES string of the molecule is O=C(Nc1ncc(Cc2ccccc2)s1)c1cc2ccccc2o1. The predicted molar refractivity (Wildman–Crippen MR) is 95.5 cm³/mol. The molecular formula is C19H14N2O2S. The van der Waals surface area contributed by atoms with Crippen LogP contribution in [0.2, 0.25) is 0 Å². The first-order valence-corrected chi connectivity index (χ1v) is 8.38. The Bertz CT molecular complexity index is 956. The van der Waals surface area contributed by atoms with Crippen LogP contribution in [0.1, 0.15) is 21.0 Å². The Kier molecular flexibility index (Phi) is 3.84. The Balaban J connectivity index is 1.48. The number of nitrogens with one attached hydrogen (secondary N) is 1. The van der Waals surface area contributed by atoms with Gasteiger partial charge in [-0.05, 0) is 17.7 Å². The van der Waals surface area contributed by atoms with E-state index < -0.39 is 0 Å². The van der Waals surface area contributed by atoms with Gasteiger partial charge in [0.25, 0.3) is 5.91 Å². The first kappa shape index (κ1) is 14.7. The lowest BCUT2D eigenvalue weighted by molar-refractivity contribution is 0.0998. The molecule has 0 radical (unpaired) electrons. The number of carbonyl (C=O) groups excluding carboxylic acids is 1. The van der Waals surface area contributed by atoms with E-state index in [1.807, 2.05) is 42.5 Å². The van der Waals surface area contributed by atoms with Crippen LogP contribution < -0.4 is 5.32 Å². The van der Waals surface area contributed by atoms with Crippen molar-refractivity contribution in [2.75, 3.05) is 5.32 Å². The highest BCUT2D eigenvalue weighted by Gasteiger charge is 2.14. The molecule has 0 aliphatic carbocycles. The Morgan fingerprint density at radius 3 is 2.71 bits per heavy atom. The minimum Gasteiger partial charge on any atom is -0.451 e. The number of rotatable bonds is 4. The number of carbonyl (C=O) groups is 1. The summed E-state index contributed by atoms with van der Waals surface area (Å²) in [4.78, 5) is 17.7. The number of furan rings is 1. The van der Waals surface area contributed by atoms with Gasteiger partial charge in [0.2, 0.25) is 0 Å². The number of amides is 1. The second kappa shape index (κ2) is 6.29. The van der Waals surface area contributed by atoms with Crippen LogP contribution in [-0.2, 0) is 6.42 Å². The van der Waals surface area contributed by atoms with Gasteiger partial charge in [0.1, 0.15) is 5.58 Å². The maximum absolute atomic E-state index is 12.3. The van der Waals surface area contributed by atoms with Crippen molar-refractivity contribution in [3.05, 3.63) is 83.1 Å². The van der Waals surface area contributed by atoms with Crippen molar-refractivity contribution in [1.29, 1.82) is 0 Å². The van der Waals surface area contributed by atoms with Gasteiger partial charge in [-0.2, -0.15) is 0 Å². The van der Waals surface area contributed by atoms with E-state index in [2.05, 4.69) is 22.4 Å². The van der Waals surface area contributed by atoms with Crippen LogP contribution in [0.4, 0.5) is 5.13 Å². The third-order valence-corrected chi connectivity index (χ3v) is 4.56. The number of anilines is 1. The van der Waals surface area contributed by atoms with E-state index in [4.69, 9.17) is 4.42 Å². The van der Waals surface area contributed by atoms with Crippen molar-refractivity contribution < 1.29 is 9.21 Å².